The summed E-state index contributed by atoms with van der Waals surface area (Å²) >= 11 is 0. The van der Waals surface area contributed by atoms with Crippen molar-refractivity contribution in [2.24, 2.45) is 10.7 Å². The normalized spacial score (nSPS) is 22.7. The van der Waals surface area contributed by atoms with Gasteiger partial charge in [0.05, 0.1) is 6.61 Å². The highest BCUT2D eigenvalue weighted by molar-refractivity contribution is 5.68. The molecule has 0 spiro atoms. The number of nitrogens with zero attached hydrogens (tertiary/aromatic N) is 1. The summed E-state index contributed by atoms with van der Waals surface area (Å²) < 4.78 is 14.8. The topological polar surface area (TPSA) is 66.1 Å². The second-order valence-corrected chi connectivity index (χ2v) is 2.11. The molecule has 11 heavy (non-hydrogen) atoms. The van der Waals surface area contributed by atoms with E-state index in [1.54, 1.807) is 7.11 Å². The largest absolute Gasteiger partial charge is 0.448 e. The minimum Gasteiger partial charge on any atom is -0.448 e. The molecule has 1 atom stereocenters. The Morgan fingerprint density at radius 1 is 1.73 bits per heavy atom. The summed E-state index contributed by atoms with van der Waals surface area (Å²) in [5.41, 5.74) is 5.41. The molecule has 0 bridgehead atoms. The lowest BCUT2D eigenvalue weighted by Gasteiger charge is -2.02. The highest BCUT2D eigenvalue weighted by Crippen LogP contribution is 1.99. The molecule has 5 heteroatoms. The van der Waals surface area contributed by atoms with Crippen LogP contribution in [0.2, 0.25) is 0 Å². The third-order valence-electron chi connectivity index (χ3n) is 1.16. The molecule has 0 aromatic rings. The molecule has 1 aliphatic heterocycles. The summed E-state index contributed by atoms with van der Waals surface area (Å²) in [6.07, 6.45) is 0.00194. The van der Waals surface area contributed by atoms with Crippen molar-refractivity contribution in [3.8, 4) is 0 Å². The van der Waals surface area contributed by atoms with Crippen LogP contribution >= 0.6 is 0 Å². The van der Waals surface area contributed by atoms with Gasteiger partial charge in [-0.25, -0.2) is 0 Å². The molecule has 0 saturated carbocycles. The summed E-state index contributed by atoms with van der Waals surface area (Å²) in [4.78, 5) is 3.85. The number of methoxy groups -OCH3 is 1. The average molecular weight is 160 g/mol. The monoisotopic (exact) mass is 160 g/mol. The lowest BCUT2D eigenvalue weighted by molar-refractivity contribution is 0.113. The van der Waals surface area contributed by atoms with E-state index in [0.717, 1.165) is 0 Å². The molecule has 1 heterocycles. The van der Waals surface area contributed by atoms with E-state index < -0.39 is 0 Å². The summed E-state index contributed by atoms with van der Waals surface area (Å²) in [6, 6.07) is 0. The van der Waals surface area contributed by atoms with Crippen LogP contribution in [-0.2, 0) is 14.2 Å². The van der Waals surface area contributed by atoms with E-state index >= 15 is 0 Å². The van der Waals surface area contributed by atoms with E-state index in [4.69, 9.17) is 19.9 Å². The molecule has 64 valence electrons. The number of hydrogen-bond donors (Lipinski definition) is 1. The van der Waals surface area contributed by atoms with Crippen molar-refractivity contribution in [2.75, 3.05) is 26.9 Å². The number of rotatable bonds is 3. The maximum absolute atomic E-state index is 5.41. The van der Waals surface area contributed by atoms with Crippen molar-refractivity contribution < 1.29 is 14.2 Å². The average Bonchev–Trinajstić information content (AvgIpc) is 2.37. The van der Waals surface area contributed by atoms with Gasteiger partial charge in [-0.15, -0.1) is 0 Å². The quantitative estimate of drug-likeness (QED) is 0.555. The van der Waals surface area contributed by atoms with Gasteiger partial charge in [-0.05, 0) is 0 Å². The Morgan fingerprint density at radius 2 is 2.55 bits per heavy atom. The zero-order valence-electron chi connectivity index (χ0n) is 6.45. The van der Waals surface area contributed by atoms with Crippen LogP contribution in [0.4, 0.5) is 0 Å². The number of aliphatic imine (C=N–C) groups is 1. The molecule has 0 saturated heterocycles. The lowest BCUT2D eigenvalue weighted by atomic mass is 10.6. The van der Waals surface area contributed by atoms with Crippen molar-refractivity contribution in [2.45, 2.75) is 6.17 Å². The second-order valence-electron chi connectivity index (χ2n) is 2.11. The van der Waals surface area contributed by atoms with Gasteiger partial charge in [0.2, 0.25) is 0 Å². The third kappa shape index (κ3) is 2.73. The lowest BCUT2D eigenvalue weighted by Crippen LogP contribution is -2.17. The van der Waals surface area contributed by atoms with Gasteiger partial charge in [-0.2, -0.15) is 4.99 Å². The van der Waals surface area contributed by atoms with Crippen LogP contribution in [0.5, 0.6) is 0 Å². The van der Waals surface area contributed by atoms with E-state index in [1.165, 1.54) is 0 Å². The first kappa shape index (κ1) is 8.29. The molecule has 5 nitrogen and oxygen atoms in total. The fraction of sp³-hybridized carbons (Fsp3) is 0.833. The van der Waals surface area contributed by atoms with Crippen LogP contribution in [0.1, 0.15) is 0 Å². The van der Waals surface area contributed by atoms with Crippen molar-refractivity contribution in [3.63, 3.8) is 0 Å². The maximum atomic E-state index is 5.41. The first-order valence-corrected chi connectivity index (χ1v) is 3.41. The Bertz CT molecular complexity index is 149. The molecule has 0 fully saturated rings. The fourth-order valence-electron chi connectivity index (χ4n) is 0.658. The molecular weight excluding hydrogens is 148 g/mol. The van der Waals surface area contributed by atoms with Gasteiger partial charge in [-0.3, -0.25) is 0 Å². The molecule has 0 radical (unpaired) electrons. The molecule has 1 rings (SSSR count). The molecule has 1 unspecified atom stereocenters. The van der Waals surface area contributed by atoms with Crippen molar-refractivity contribution in [1.29, 1.82) is 0 Å². The molecule has 0 amide bonds. The van der Waals surface area contributed by atoms with Gasteiger partial charge in [-0.1, -0.05) is 0 Å². The SMILES string of the molecule is COCCOC1=NC(N)CO1. The minimum atomic E-state index is -0.271. The van der Waals surface area contributed by atoms with Crippen LogP contribution in [-0.4, -0.2) is 39.2 Å². The van der Waals surface area contributed by atoms with Crippen LogP contribution < -0.4 is 5.73 Å². The van der Waals surface area contributed by atoms with Gasteiger partial charge in [0.1, 0.15) is 19.4 Å². The Hall–Kier alpha value is -0.810. The van der Waals surface area contributed by atoms with Gasteiger partial charge in [0, 0.05) is 7.11 Å². The number of hydrogen-bond acceptors (Lipinski definition) is 5. The van der Waals surface area contributed by atoms with Gasteiger partial charge in [0.25, 0.3) is 0 Å². The maximum Gasteiger partial charge on any atom is 0.385 e. The first-order valence-electron chi connectivity index (χ1n) is 3.41. The van der Waals surface area contributed by atoms with Gasteiger partial charge < -0.3 is 19.9 Å². The van der Waals surface area contributed by atoms with Crippen molar-refractivity contribution in [3.05, 3.63) is 0 Å². The molecule has 1 aliphatic rings. The predicted molar refractivity (Wildman–Crippen MR) is 39.2 cm³/mol. The van der Waals surface area contributed by atoms with E-state index in [0.29, 0.717) is 19.8 Å². The predicted octanol–water partition coefficient (Wildman–Crippen LogP) is -0.680. The first-order chi connectivity index (χ1) is 5.33. The van der Waals surface area contributed by atoms with E-state index in [-0.39, 0.29) is 12.2 Å². The zero-order valence-corrected chi connectivity index (χ0v) is 6.45. The molecule has 0 aliphatic carbocycles. The number of nitrogens with two attached hydrogens (primary N) is 1. The zero-order chi connectivity index (χ0) is 8.10. The number of ether oxygens (including phenoxy) is 3. The highest BCUT2D eigenvalue weighted by Gasteiger charge is 2.15. The Morgan fingerprint density at radius 3 is 3.09 bits per heavy atom. The summed E-state index contributed by atoms with van der Waals surface area (Å²) in [5, 5.41) is 0. The Labute approximate surface area is 65.1 Å². The van der Waals surface area contributed by atoms with Crippen LogP contribution in [0.25, 0.3) is 0 Å². The summed E-state index contributed by atoms with van der Waals surface area (Å²) in [7, 11) is 1.60. The van der Waals surface area contributed by atoms with Crippen molar-refractivity contribution in [1.82, 2.24) is 0 Å². The van der Waals surface area contributed by atoms with Crippen LogP contribution in [0.15, 0.2) is 4.99 Å². The molecule has 2 N–H and O–H groups in total. The van der Waals surface area contributed by atoms with E-state index in [9.17, 15) is 0 Å². The second kappa shape index (κ2) is 4.15. The standard InChI is InChI=1S/C6H12N2O3/c1-9-2-3-10-6-8-5(7)4-11-6/h5H,2-4,7H2,1H3. The summed E-state index contributed by atoms with van der Waals surface area (Å²) in [6.45, 7) is 1.38. The summed E-state index contributed by atoms with van der Waals surface area (Å²) in [5.74, 6) is 0. The fourth-order valence-corrected chi connectivity index (χ4v) is 0.658. The Kier molecular flexibility index (Phi) is 3.13. The Balaban J connectivity index is 2.12. The van der Waals surface area contributed by atoms with E-state index in [2.05, 4.69) is 4.99 Å². The smallest absolute Gasteiger partial charge is 0.385 e. The molecule has 0 aromatic heterocycles. The van der Waals surface area contributed by atoms with Crippen LogP contribution in [0.3, 0.4) is 0 Å². The third-order valence-corrected chi connectivity index (χ3v) is 1.16. The van der Waals surface area contributed by atoms with Crippen molar-refractivity contribution >= 4 is 6.08 Å². The van der Waals surface area contributed by atoms with Gasteiger partial charge in [0.15, 0.2) is 0 Å². The highest BCUT2D eigenvalue weighted by atomic mass is 16.7. The van der Waals surface area contributed by atoms with Gasteiger partial charge >= 0.3 is 6.08 Å². The van der Waals surface area contributed by atoms with E-state index in [1.807, 2.05) is 0 Å². The molecular formula is C6H12N2O3. The van der Waals surface area contributed by atoms with Crippen LogP contribution in [0, 0.1) is 0 Å². The minimum absolute atomic E-state index is 0.271. The molecule has 0 aromatic carbocycles.